The summed E-state index contributed by atoms with van der Waals surface area (Å²) < 4.78 is 10.3. The minimum absolute atomic E-state index is 0.0459. The number of hydrogen-bond donors (Lipinski definition) is 2. The topological polar surface area (TPSA) is 102 Å². The van der Waals surface area contributed by atoms with Crippen LogP contribution in [0, 0.1) is 12.8 Å². The molecule has 7 nitrogen and oxygen atoms in total. The molecule has 1 aliphatic carbocycles. The largest absolute Gasteiger partial charge is 0.481 e. The molecule has 1 saturated carbocycles. The third-order valence-electron chi connectivity index (χ3n) is 3.37. The molecule has 0 atom stereocenters. The highest BCUT2D eigenvalue weighted by atomic mass is 16.5. The van der Waals surface area contributed by atoms with E-state index in [2.05, 4.69) is 10.5 Å². The fraction of sp³-hybridized carbons (Fsp3) is 0.615. The van der Waals surface area contributed by atoms with E-state index in [1.165, 1.54) is 0 Å². The number of aliphatic carboxylic acids is 1. The number of nitrogens with zero attached hydrogens (tertiary/aromatic N) is 1. The van der Waals surface area contributed by atoms with Crippen molar-refractivity contribution in [1.29, 1.82) is 0 Å². The van der Waals surface area contributed by atoms with Gasteiger partial charge in [0.1, 0.15) is 12.4 Å². The number of nitrogens with one attached hydrogen (secondary N) is 1. The fourth-order valence-electron chi connectivity index (χ4n) is 2.27. The number of rotatable bonds is 5. The normalized spacial score (nSPS) is 22.4. The fourth-order valence-corrected chi connectivity index (χ4v) is 2.27. The quantitative estimate of drug-likeness (QED) is 0.850. The van der Waals surface area contributed by atoms with Gasteiger partial charge >= 0.3 is 5.97 Å². The van der Waals surface area contributed by atoms with E-state index in [1.54, 1.807) is 13.0 Å². The molecule has 1 heterocycles. The molecule has 110 valence electrons. The lowest BCUT2D eigenvalue weighted by Crippen LogP contribution is -2.29. The minimum Gasteiger partial charge on any atom is -0.481 e. The van der Waals surface area contributed by atoms with Crippen LogP contribution in [0.2, 0.25) is 0 Å². The lowest BCUT2D eigenvalue weighted by molar-refractivity contribution is -0.144. The molecule has 1 aliphatic rings. The Hall–Kier alpha value is -1.89. The van der Waals surface area contributed by atoms with Crippen LogP contribution in [0.25, 0.3) is 0 Å². The lowest BCUT2D eigenvalue weighted by Gasteiger charge is -2.25. The number of carboxylic acid groups (broad SMARTS) is 1. The average molecular weight is 282 g/mol. The Morgan fingerprint density at radius 1 is 1.45 bits per heavy atom. The molecule has 2 N–H and O–H groups in total. The Morgan fingerprint density at radius 3 is 2.70 bits per heavy atom. The van der Waals surface area contributed by atoms with E-state index in [0.29, 0.717) is 37.3 Å². The monoisotopic (exact) mass is 282 g/mol. The van der Waals surface area contributed by atoms with Gasteiger partial charge in [-0.25, -0.2) is 0 Å². The third-order valence-corrected chi connectivity index (χ3v) is 3.37. The number of hydrogen-bond acceptors (Lipinski definition) is 5. The highest BCUT2D eigenvalue weighted by molar-refractivity contribution is 5.90. The molecule has 7 heteroatoms. The molecule has 2 rings (SSSR count). The molecule has 0 aromatic carbocycles. The second-order valence-corrected chi connectivity index (χ2v) is 4.99. The Morgan fingerprint density at radius 2 is 2.15 bits per heavy atom. The van der Waals surface area contributed by atoms with Gasteiger partial charge in [0.25, 0.3) is 5.91 Å². The van der Waals surface area contributed by atoms with Crippen LogP contribution in [0.3, 0.4) is 0 Å². The van der Waals surface area contributed by atoms with E-state index >= 15 is 0 Å². The summed E-state index contributed by atoms with van der Waals surface area (Å²) in [5, 5.41) is 15.1. The first-order valence-electron chi connectivity index (χ1n) is 6.62. The highest BCUT2D eigenvalue weighted by Crippen LogP contribution is 2.26. The van der Waals surface area contributed by atoms with Gasteiger partial charge in [-0.15, -0.1) is 0 Å². The summed E-state index contributed by atoms with van der Waals surface area (Å²) in [4.78, 5) is 22.4. The number of anilines is 1. The smallest absolute Gasteiger partial charge is 0.306 e. The zero-order chi connectivity index (χ0) is 14.5. The standard InChI is InChI=1S/C13H18N2O5/c1-8-6-11(15-20-8)14-12(16)7-19-10-4-2-9(3-5-10)13(17)18/h6,9-10H,2-5,7H2,1H3,(H,17,18)(H,14,15,16). The Balaban J connectivity index is 1.68. The molecule has 1 amide bonds. The Bertz CT molecular complexity index is 477. The van der Waals surface area contributed by atoms with E-state index in [9.17, 15) is 9.59 Å². The van der Waals surface area contributed by atoms with Gasteiger partial charge in [-0.2, -0.15) is 0 Å². The molecule has 1 aromatic heterocycles. The van der Waals surface area contributed by atoms with Crippen LogP contribution in [-0.2, 0) is 14.3 Å². The van der Waals surface area contributed by atoms with Crippen molar-refractivity contribution in [3.8, 4) is 0 Å². The van der Waals surface area contributed by atoms with E-state index < -0.39 is 5.97 Å². The molecule has 1 aromatic rings. The van der Waals surface area contributed by atoms with E-state index in [4.69, 9.17) is 14.4 Å². The molecule has 1 fully saturated rings. The van der Waals surface area contributed by atoms with Crippen molar-refractivity contribution < 1.29 is 24.0 Å². The highest BCUT2D eigenvalue weighted by Gasteiger charge is 2.26. The van der Waals surface area contributed by atoms with Gasteiger partial charge in [0.2, 0.25) is 0 Å². The predicted octanol–water partition coefficient (Wildman–Crippen LogP) is 1.58. The van der Waals surface area contributed by atoms with Crippen LogP contribution in [0.15, 0.2) is 10.6 Å². The maximum atomic E-state index is 11.6. The van der Waals surface area contributed by atoms with Gasteiger partial charge in [0.05, 0.1) is 12.0 Å². The first-order chi connectivity index (χ1) is 9.54. The zero-order valence-electron chi connectivity index (χ0n) is 11.3. The van der Waals surface area contributed by atoms with Crippen LogP contribution in [0.5, 0.6) is 0 Å². The van der Waals surface area contributed by atoms with E-state index in [0.717, 1.165) is 0 Å². The van der Waals surface area contributed by atoms with Gasteiger partial charge in [-0.05, 0) is 32.6 Å². The summed E-state index contributed by atoms with van der Waals surface area (Å²) in [6.07, 6.45) is 2.50. The summed E-state index contributed by atoms with van der Waals surface area (Å²) in [5.41, 5.74) is 0. The second kappa shape index (κ2) is 6.51. The summed E-state index contributed by atoms with van der Waals surface area (Å²) in [6.45, 7) is 1.67. The van der Waals surface area contributed by atoms with Gasteiger partial charge in [0.15, 0.2) is 5.82 Å². The minimum atomic E-state index is -0.748. The van der Waals surface area contributed by atoms with Crippen molar-refractivity contribution in [2.75, 3.05) is 11.9 Å². The molecular formula is C13H18N2O5. The number of amides is 1. The molecular weight excluding hydrogens is 264 g/mol. The summed E-state index contributed by atoms with van der Waals surface area (Å²) >= 11 is 0. The number of ether oxygens (including phenoxy) is 1. The summed E-state index contributed by atoms with van der Waals surface area (Å²) in [6, 6.07) is 1.62. The number of carbonyl (C=O) groups is 2. The van der Waals surface area contributed by atoms with Gasteiger partial charge < -0.3 is 19.7 Å². The van der Waals surface area contributed by atoms with Crippen LogP contribution >= 0.6 is 0 Å². The van der Waals surface area contributed by atoms with Crippen LogP contribution in [0.1, 0.15) is 31.4 Å². The van der Waals surface area contributed by atoms with Crippen molar-refractivity contribution in [3.05, 3.63) is 11.8 Å². The van der Waals surface area contributed by atoms with E-state index in [-0.39, 0.29) is 24.5 Å². The summed E-state index contributed by atoms with van der Waals surface area (Å²) in [5.74, 6) is -0.332. The number of aryl methyl sites for hydroxylation is 1. The Kier molecular flexibility index (Phi) is 4.73. The lowest BCUT2D eigenvalue weighted by atomic mass is 9.87. The van der Waals surface area contributed by atoms with E-state index in [1.807, 2.05) is 0 Å². The first-order valence-corrected chi connectivity index (χ1v) is 6.62. The van der Waals surface area contributed by atoms with Crippen LogP contribution in [-0.4, -0.2) is 34.9 Å². The van der Waals surface area contributed by atoms with Crippen LogP contribution < -0.4 is 5.32 Å². The van der Waals surface area contributed by atoms with Gasteiger partial charge in [0, 0.05) is 6.07 Å². The number of carbonyl (C=O) groups excluding carboxylic acids is 1. The van der Waals surface area contributed by atoms with Crippen LogP contribution in [0.4, 0.5) is 5.82 Å². The molecule has 0 radical (unpaired) electrons. The number of aromatic nitrogens is 1. The first kappa shape index (κ1) is 14.5. The van der Waals surface area contributed by atoms with Gasteiger partial charge in [-0.3, -0.25) is 9.59 Å². The van der Waals surface area contributed by atoms with Crippen molar-refractivity contribution >= 4 is 17.7 Å². The molecule has 0 unspecified atom stereocenters. The molecule has 0 spiro atoms. The molecule has 0 bridgehead atoms. The average Bonchev–Trinajstić information content (AvgIpc) is 2.82. The molecule has 20 heavy (non-hydrogen) atoms. The maximum Gasteiger partial charge on any atom is 0.306 e. The maximum absolute atomic E-state index is 11.6. The second-order valence-electron chi connectivity index (χ2n) is 4.99. The van der Waals surface area contributed by atoms with Crippen molar-refractivity contribution in [2.45, 2.75) is 38.7 Å². The Labute approximate surface area is 116 Å². The third kappa shape index (κ3) is 4.06. The van der Waals surface area contributed by atoms with Crippen molar-refractivity contribution in [2.24, 2.45) is 5.92 Å². The van der Waals surface area contributed by atoms with Crippen molar-refractivity contribution in [1.82, 2.24) is 5.16 Å². The molecule has 0 saturated heterocycles. The number of carboxylic acids is 1. The van der Waals surface area contributed by atoms with Gasteiger partial charge in [-0.1, -0.05) is 5.16 Å². The summed E-state index contributed by atoms with van der Waals surface area (Å²) in [7, 11) is 0. The SMILES string of the molecule is Cc1cc(NC(=O)COC2CCC(C(=O)O)CC2)no1. The predicted molar refractivity (Wildman–Crippen MR) is 69.2 cm³/mol. The van der Waals surface area contributed by atoms with Crippen molar-refractivity contribution in [3.63, 3.8) is 0 Å². The molecule has 0 aliphatic heterocycles. The zero-order valence-corrected chi connectivity index (χ0v) is 11.3.